The largest absolute Gasteiger partial charge is 0.462 e. The van der Waals surface area contributed by atoms with Gasteiger partial charge in [-0.15, -0.1) is 11.3 Å². The van der Waals surface area contributed by atoms with Crippen LogP contribution in [0.3, 0.4) is 0 Å². The predicted octanol–water partition coefficient (Wildman–Crippen LogP) is 3.80. The van der Waals surface area contributed by atoms with Gasteiger partial charge in [0.25, 0.3) is 0 Å². The lowest BCUT2D eigenvalue weighted by Crippen LogP contribution is -2.39. The molecule has 0 saturated heterocycles. The van der Waals surface area contributed by atoms with E-state index in [9.17, 15) is 9.59 Å². The summed E-state index contributed by atoms with van der Waals surface area (Å²) < 4.78 is 5.10. The number of amides is 2. The molecule has 5 nitrogen and oxygen atoms in total. The molecule has 1 atom stereocenters. The van der Waals surface area contributed by atoms with Crippen LogP contribution < -0.4 is 5.32 Å². The first-order valence-electron chi connectivity index (χ1n) is 7.67. The zero-order valence-electron chi connectivity index (χ0n) is 13.9. The molecular formula is C16H24N2O3S. The molecule has 1 aliphatic carbocycles. The number of esters is 1. The van der Waals surface area contributed by atoms with Crippen LogP contribution in [0.1, 0.15) is 47.5 Å². The van der Waals surface area contributed by atoms with E-state index in [0.29, 0.717) is 23.1 Å². The third-order valence-corrected chi connectivity index (χ3v) is 5.44. The number of rotatable bonds is 5. The highest BCUT2D eigenvalue weighted by atomic mass is 32.1. The molecule has 1 saturated carbocycles. The van der Waals surface area contributed by atoms with Gasteiger partial charge in [-0.05, 0) is 52.0 Å². The molecule has 1 aliphatic rings. The number of carbonyl (C=O) groups excluding carboxylic acids is 2. The number of urea groups is 1. The normalized spacial score (nSPS) is 15.3. The Balaban J connectivity index is 2.16. The summed E-state index contributed by atoms with van der Waals surface area (Å²) in [5.74, 6) is 0.227. The van der Waals surface area contributed by atoms with E-state index < -0.39 is 0 Å². The van der Waals surface area contributed by atoms with E-state index >= 15 is 0 Å². The maximum absolute atomic E-state index is 12.4. The van der Waals surface area contributed by atoms with Crippen molar-refractivity contribution in [3.63, 3.8) is 0 Å². The van der Waals surface area contributed by atoms with Gasteiger partial charge in [-0.25, -0.2) is 9.59 Å². The first kappa shape index (κ1) is 16.8. The van der Waals surface area contributed by atoms with Crippen LogP contribution >= 0.6 is 11.3 Å². The molecule has 22 heavy (non-hydrogen) atoms. The highest BCUT2D eigenvalue weighted by molar-refractivity contribution is 7.16. The van der Waals surface area contributed by atoms with E-state index in [0.717, 1.165) is 10.4 Å². The van der Waals surface area contributed by atoms with Crippen LogP contribution in [0.4, 0.5) is 9.80 Å². The Morgan fingerprint density at radius 3 is 2.59 bits per heavy atom. The predicted molar refractivity (Wildman–Crippen MR) is 88.7 cm³/mol. The number of nitrogens with zero attached hydrogens (tertiary/aromatic N) is 1. The van der Waals surface area contributed by atoms with Crippen molar-refractivity contribution >= 4 is 28.3 Å². The van der Waals surface area contributed by atoms with E-state index in [1.807, 2.05) is 13.8 Å². The highest BCUT2D eigenvalue weighted by Gasteiger charge is 2.33. The average molecular weight is 324 g/mol. The minimum Gasteiger partial charge on any atom is -0.462 e. The lowest BCUT2D eigenvalue weighted by atomic mass is 10.1. The summed E-state index contributed by atoms with van der Waals surface area (Å²) in [7, 11) is 1.80. The second kappa shape index (κ2) is 6.69. The highest BCUT2D eigenvalue weighted by Crippen LogP contribution is 2.36. The molecule has 2 amide bonds. The molecule has 6 heteroatoms. The van der Waals surface area contributed by atoms with Crippen LogP contribution in [0.2, 0.25) is 0 Å². The Kier molecular flexibility index (Phi) is 5.11. The molecule has 122 valence electrons. The van der Waals surface area contributed by atoms with Crippen LogP contribution in [0.5, 0.6) is 0 Å². The third-order valence-electron chi connectivity index (χ3n) is 4.32. The fourth-order valence-electron chi connectivity index (χ4n) is 2.43. The summed E-state index contributed by atoms with van der Waals surface area (Å²) in [6, 6.07) is 0.0411. The number of thiophene rings is 1. The van der Waals surface area contributed by atoms with Gasteiger partial charge in [-0.2, -0.15) is 0 Å². The van der Waals surface area contributed by atoms with Crippen molar-refractivity contribution in [1.82, 2.24) is 4.90 Å². The molecule has 1 N–H and O–H groups in total. The first-order valence-corrected chi connectivity index (χ1v) is 8.49. The molecule has 0 aliphatic heterocycles. The smallest absolute Gasteiger partial charge is 0.341 e. The van der Waals surface area contributed by atoms with Crippen molar-refractivity contribution in [2.75, 3.05) is 19.0 Å². The maximum Gasteiger partial charge on any atom is 0.341 e. The number of carbonyl (C=O) groups is 2. The molecule has 0 aromatic carbocycles. The quantitative estimate of drug-likeness (QED) is 0.838. The van der Waals surface area contributed by atoms with Gasteiger partial charge in [0.2, 0.25) is 0 Å². The Bertz CT molecular complexity index is 578. The number of hydrogen-bond acceptors (Lipinski definition) is 4. The zero-order valence-corrected chi connectivity index (χ0v) is 14.7. The van der Waals surface area contributed by atoms with Crippen LogP contribution in [-0.4, -0.2) is 36.6 Å². The van der Waals surface area contributed by atoms with Gasteiger partial charge in [0.1, 0.15) is 5.00 Å². The molecule has 1 aromatic heterocycles. The Labute approximate surface area is 135 Å². The van der Waals surface area contributed by atoms with E-state index in [2.05, 4.69) is 12.2 Å². The van der Waals surface area contributed by atoms with Crippen molar-refractivity contribution < 1.29 is 14.3 Å². The van der Waals surface area contributed by atoms with Crippen LogP contribution in [0.25, 0.3) is 0 Å². The summed E-state index contributed by atoms with van der Waals surface area (Å²) in [5, 5.41) is 3.46. The van der Waals surface area contributed by atoms with Crippen LogP contribution in [0.15, 0.2) is 0 Å². The van der Waals surface area contributed by atoms with Gasteiger partial charge >= 0.3 is 12.0 Å². The number of aryl methyl sites for hydroxylation is 1. The van der Waals surface area contributed by atoms with Crippen molar-refractivity contribution in [3.8, 4) is 0 Å². The van der Waals surface area contributed by atoms with Gasteiger partial charge in [0.05, 0.1) is 12.2 Å². The summed E-state index contributed by atoms with van der Waals surface area (Å²) in [4.78, 5) is 27.3. The summed E-state index contributed by atoms with van der Waals surface area (Å²) in [5.41, 5.74) is 1.35. The Morgan fingerprint density at radius 2 is 2.05 bits per heavy atom. The lowest BCUT2D eigenvalue weighted by Gasteiger charge is -2.25. The lowest BCUT2D eigenvalue weighted by molar-refractivity contribution is 0.0527. The second-order valence-electron chi connectivity index (χ2n) is 5.83. The van der Waals surface area contributed by atoms with Gasteiger partial charge in [0.15, 0.2) is 0 Å². The monoisotopic (exact) mass is 324 g/mol. The van der Waals surface area contributed by atoms with Gasteiger partial charge in [0, 0.05) is 18.0 Å². The molecule has 1 heterocycles. The van der Waals surface area contributed by atoms with E-state index in [4.69, 9.17) is 4.74 Å². The van der Waals surface area contributed by atoms with Crippen LogP contribution in [0, 0.1) is 19.8 Å². The number of nitrogens with one attached hydrogen (secondary N) is 1. The van der Waals surface area contributed by atoms with Crippen LogP contribution in [-0.2, 0) is 4.74 Å². The van der Waals surface area contributed by atoms with Crippen molar-refractivity contribution in [2.45, 2.75) is 46.6 Å². The maximum atomic E-state index is 12.4. The zero-order chi connectivity index (χ0) is 16.4. The molecule has 2 rings (SSSR count). The van der Waals surface area contributed by atoms with E-state index in [1.165, 1.54) is 24.2 Å². The average Bonchev–Trinajstić information content (AvgIpc) is 3.26. The van der Waals surface area contributed by atoms with Gasteiger partial charge in [-0.3, -0.25) is 5.32 Å². The summed E-state index contributed by atoms with van der Waals surface area (Å²) in [6.45, 7) is 7.97. The van der Waals surface area contributed by atoms with Gasteiger partial charge in [-0.1, -0.05) is 0 Å². The Morgan fingerprint density at radius 1 is 1.41 bits per heavy atom. The molecule has 1 fully saturated rings. The topological polar surface area (TPSA) is 58.6 Å². The SMILES string of the molecule is CCOC(=O)c1c(NC(=O)N(C)[C@H](C)C2CC2)sc(C)c1C. The standard InChI is InChI=1S/C16H24N2O3S/c1-6-21-15(19)13-9(2)11(4)22-14(13)17-16(20)18(5)10(3)12-7-8-12/h10,12H,6-8H2,1-5H3,(H,17,20)/t10-/m1/s1. The fraction of sp³-hybridized carbons (Fsp3) is 0.625. The first-order chi connectivity index (χ1) is 10.4. The molecule has 0 bridgehead atoms. The van der Waals surface area contributed by atoms with E-state index in [1.54, 1.807) is 18.9 Å². The Hall–Kier alpha value is -1.56. The van der Waals surface area contributed by atoms with Gasteiger partial charge < -0.3 is 9.64 Å². The molecule has 0 unspecified atom stereocenters. The third kappa shape index (κ3) is 3.43. The minimum atomic E-state index is -0.377. The number of anilines is 1. The molecule has 1 aromatic rings. The number of hydrogen-bond donors (Lipinski definition) is 1. The summed E-state index contributed by atoms with van der Waals surface area (Å²) >= 11 is 1.42. The van der Waals surface area contributed by atoms with E-state index in [-0.39, 0.29) is 18.0 Å². The van der Waals surface area contributed by atoms with Crippen molar-refractivity contribution in [3.05, 3.63) is 16.0 Å². The minimum absolute atomic E-state index is 0.175. The molecule has 0 spiro atoms. The fourth-order valence-corrected chi connectivity index (χ4v) is 3.47. The summed E-state index contributed by atoms with van der Waals surface area (Å²) in [6.07, 6.45) is 2.37. The molecular weight excluding hydrogens is 300 g/mol. The van der Waals surface area contributed by atoms with Crippen molar-refractivity contribution in [1.29, 1.82) is 0 Å². The number of ether oxygens (including phenoxy) is 1. The molecule has 0 radical (unpaired) electrons. The second-order valence-corrected chi connectivity index (χ2v) is 7.05. The van der Waals surface area contributed by atoms with Crippen molar-refractivity contribution in [2.24, 2.45) is 5.92 Å².